The number of hydrogen-bond acceptors (Lipinski definition) is 11. The third-order valence-electron chi connectivity index (χ3n) is 12.6. The number of ether oxygens (including phenoxy) is 4. The molecule has 0 spiro atoms. The third-order valence-corrected chi connectivity index (χ3v) is 12.6. The van der Waals surface area contributed by atoms with Gasteiger partial charge in [0.25, 0.3) is 11.7 Å². The van der Waals surface area contributed by atoms with Gasteiger partial charge in [0.05, 0.1) is 30.5 Å². The van der Waals surface area contributed by atoms with Gasteiger partial charge >= 0.3 is 5.97 Å². The number of hydrogen-bond donors (Lipinski definition) is 3. The lowest BCUT2D eigenvalue weighted by molar-refractivity contribution is -0.287. The molecule has 4 aliphatic rings. The van der Waals surface area contributed by atoms with Crippen LogP contribution in [0, 0.1) is 29.6 Å². The molecule has 2 bridgehead atoms. The molecule has 12 nitrogen and oxygen atoms in total. The van der Waals surface area contributed by atoms with Crippen molar-refractivity contribution in [2.24, 2.45) is 29.6 Å². The van der Waals surface area contributed by atoms with Crippen molar-refractivity contribution in [1.29, 1.82) is 0 Å². The van der Waals surface area contributed by atoms with E-state index in [2.05, 4.69) is 13.8 Å². The molecular weight excluding hydrogens is 694 g/mol. The number of aliphatic hydroxyl groups is 3. The van der Waals surface area contributed by atoms with Crippen LogP contribution in [0.2, 0.25) is 0 Å². The highest BCUT2D eigenvalue weighted by atomic mass is 16.7. The molecule has 1 saturated carbocycles. The van der Waals surface area contributed by atoms with Gasteiger partial charge in [-0.25, -0.2) is 4.79 Å². The zero-order valence-corrected chi connectivity index (χ0v) is 33.8. The Balaban J connectivity index is 1.73. The van der Waals surface area contributed by atoms with Crippen LogP contribution in [-0.4, -0.2) is 113 Å². The van der Waals surface area contributed by atoms with Crippen molar-refractivity contribution in [1.82, 2.24) is 4.90 Å². The molecule has 0 aromatic heterocycles. The average Bonchev–Trinajstić information content (AvgIpc) is 3.15. The average molecular weight is 762 g/mol. The summed E-state index contributed by atoms with van der Waals surface area (Å²) in [7, 11) is 3.14. The molecule has 0 radical (unpaired) electrons. The molecular formula is C42H67NO11. The number of cyclic esters (lactones) is 1. The van der Waals surface area contributed by atoms with E-state index in [9.17, 15) is 34.5 Å². The predicted molar refractivity (Wildman–Crippen MR) is 202 cm³/mol. The van der Waals surface area contributed by atoms with E-state index in [1.165, 1.54) is 4.90 Å². The number of Topliss-reactive ketones (excluding diaryl/α,β-unsaturated/α-hetero) is 2. The number of rotatable bonds is 5. The van der Waals surface area contributed by atoms with E-state index in [0.29, 0.717) is 68.9 Å². The van der Waals surface area contributed by atoms with E-state index < -0.39 is 71.8 Å². The van der Waals surface area contributed by atoms with Crippen LogP contribution in [0.3, 0.4) is 0 Å². The quantitative estimate of drug-likeness (QED) is 0.199. The molecule has 3 fully saturated rings. The minimum atomic E-state index is -2.40. The molecule has 13 atom stereocenters. The van der Waals surface area contributed by atoms with Crippen molar-refractivity contribution in [3.05, 3.63) is 23.3 Å². The summed E-state index contributed by atoms with van der Waals surface area (Å²) in [5.41, 5.74) is 1.32. The number of amides is 1. The van der Waals surface area contributed by atoms with Crippen LogP contribution in [-0.2, 0) is 38.1 Å². The molecule has 306 valence electrons. The molecule has 0 aromatic carbocycles. The van der Waals surface area contributed by atoms with Gasteiger partial charge in [-0.15, -0.1) is 0 Å². The van der Waals surface area contributed by atoms with Gasteiger partial charge in [-0.05, 0) is 106 Å². The third kappa shape index (κ3) is 10.5. The largest absolute Gasteiger partial charge is 0.456 e. The second-order valence-corrected chi connectivity index (χ2v) is 16.8. The second kappa shape index (κ2) is 19.6. The fourth-order valence-corrected chi connectivity index (χ4v) is 9.12. The first-order valence-corrected chi connectivity index (χ1v) is 20.3. The van der Waals surface area contributed by atoms with E-state index in [1.54, 1.807) is 28.1 Å². The summed E-state index contributed by atoms with van der Waals surface area (Å²) in [6.45, 7) is 11.5. The summed E-state index contributed by atoms with van der Waals surface area (Å²) in [6.07, 6.45) is 5.77. The van der Waals surface area contributed by atoms with Crippen LogP contribution >= 0.6 is 0 Å². The highest BCUT2D eigenvalue weighted by Crippen LogP contribution is 2.38. The fraction of sp³-hybridized carbons (Fsp3) is 0.810. The molecule has 12 heteroatoms. The standard InChI is InChI=1S/C42H67NO11/c1-9-30-19-25(3)18-24(2)13-16-35-37(52-8)21-27(5)42(50,54-35)39(47)40(48)43-17-11-10-12-31(43)41(49)53-38(28(6)33(45)23-34(30)46)26(4)20-29-14-15-32(44)36(22-29)51-7/h19-20,24-25,27-29,31-33,35-38,44-45,50H,9-18,21-23H2,1-8H3/t24-,25?,27-,28-,29+,31?,32-,33+,35-,36-,37+,38-,42-/m1/s1. The maximum Gasteiger partial charge on any atom is 0.329 e. The van der Waals surface area contributed by atoms with Gasteiger partial charge in [-0.2, -0.15) is 0 Å². The summed E-state index contributed by atoms with van der Waals surface area (Å²) in [4.78, 5) is 57.2. The van der Waals surface area contributed by atoms with Crippen LogP contribution in [0.15, 0.2) is 23.3 Å². The number of fused-ring (bicyclic) bond motifs is 3. The first-order valence-electron chi connectivity index (χ1n) is 20.3. The van der Waals surface area contributed by atoms with E-state index in [0.717, 1.165) is 6.42 Å². The highest BCUT2D eigenvalue weighted by molar-refractivity contribution is 6.39. The van der Waals surface area contributed by atoms with Gasteiger partial charge in [0, 0.05) is 39.0 Å². The molecule has 4 rings (SSSR count). The number of carbonyl (C=O) groups excluding carboxylic acids is 4. The Kier molecular flexibility index (Phi) is 16.0. The van der Waals surface area contributed by atoms with Crippen molar-refractivity contribution < 1.29 is 53.4 Å². The SMILES string of the molecule is CCC1=CC(C)C[C@H](C)CC[C@H]2O[C@@](O)(C(=O)C(=O)N3CCCCC3C(=O)O[C@H](C(C)=C[C@@H]3CC[C@@H](O)[C@H](OC)C3)[C@H](C)[C@@H](O)CC1=O)[C@H](C)C[C@@H]2OC. The van der Waals surface area contributed by atoms with Crippen molar-refractivity contribution in [2.75, 3.05) is 20.8 Å². The number of carbonyl (C=O) groups is 4. The molecule has 54 heavy (non-hydrogen) atoms. The van der Waals surface area contributed by atoms with Gasteiger partial charge in [0.1, 0.15) is 12.1 Å². The predicted octanol–water partition coefficient (Wildman–Crippen LogP) is 4.85. The number of nitrogens with zero attached hydrogens (tertiary/aromatic N) is 1. The molecule has 1 aliphatic carbocycles. The summed E-state index contributed by atoms with van der Waals surface area (Å²) in [5.74, 6) is -6.57. The number of piperidine rings is 1. The summed E-state index contributed by atoms with van der Waals surface area (Å²) >= 11 is 0. The number of esters is 1. The Bertz CT molecular complexity index is 1380. The Morgan fingerprint density at radius 3 is 2.30 bits per heavy atom. The number of aliphatic hydroxyl groups excluding tert-OH is 2. The van der Waals surface area contributed by atoms with Crippen molar-refractivity contribution in [2.45, 2.75) is 167 Å². The lowest BCUT2D eigenvalue weighted by Crippen LogP contribution is -2.62. The molecule has 3 heterocycles. The first-order chi connectivity index (χ1) is 25.5. The first kappa shape index (κ1) is 44.2. The van der Waals surface area contributed by atoms with Gasteiger partial charge < -0.3 is 39.2 Å². The smallest absolute Gasteiger partial charge is 0.329 e. The van der Waals surface area contributed by atoms with E-state index in [-0.39, 0.29) is 49.0 Å². The Morgan fingerprint density at radius 2 is 1.63 bits per heavy atom. The zero-order chi connectivity index (χ0) is 39.9. The maximum absolute atomic E-state index is 14.2. The van der Waals surface area contributed by atoms with Crippen molar-refractivity contribution in [3.63, 3.8) is 0 Å². The minimum absolute atomic E-state index is 0.0109. The zero-order valence-electron chi connectivity index (χ0n) is 33.8. The molecule has 0 aromatic rings. The van der Waals surface area contributed by atoms with Gasteiger partial charge in [0.15, 0.2) is 5.78 Å². The summed E-state index contributed by atoms with van der Waals surface area (Å²) in [6, 6.07) is -1.10. The van der Waals surface area contributed by atoms with Crippen molar-refractivity contribution in [3.8, 4) is 0 Å². The topological polar surface area (TPSA) is 169 Å². The van der Waals surface area contributed by atoms with Crippen LogP contribution in [0.25, 0.3) is 0 Å². The van der Waals surface area contributed by atoms with Crippen LogP contribution in [0.1, 0.15) is 119 Å². The summed E-state index contributed by atoms with van der Waals surface area (Å²) < 4.78 is 23.7. The minimum Gasteiger partial charge on any atom is -0.456 e. The normalized spacial score (nSPS) is 40.3. The summed E-state index contributed by atoms with van der Waals surface area (Å²) in [5, 5.41) is 33.8. The van der Waals surface area contributed by atoms with E-state index in [1.807, 2.05) is 26.0 Å². The Labute approximate surface area is 322 Å². The Hall–Kier alpha value is -2.48. The van der Waals surface area contributed by atoms with E-state index >= 15 is 0 Å². The lowest BCUT2D eigenvalue weighted by Gasteiger charge is -2.45. The van der Waals surface area contributed by atoms with E-state index in [4.69, 9.17) is 18.9 Å². The highest BCUT2D eigenvalue weighted by Gasteiger charge is 2.55. The van der Waals surface area contributed by atoms with Gasteiger partial charge in [-0.3, -0.25) is 14.4 Å². The van der Waals surface area contributed by atoms with Gasteiger partial charge in [0.2, 0.25) is 5.79 Å². The monoisotopic (exact) mass is 761 g/mol. The number of ketones is 2. The molecule has 3 N–H and O–H groups in total. The van der Waals surface area contributed by atoms with Crippen LogP contribution < -0.4 is 0 Å². The van der Waals surface area contributed by atoms with Crippen LogP contribution in [0.4, 0.5) is 0 Å². The van der Waals surface area contributed by atoms with Gasteiger partial charge in [-0.1, -0.05) is 46.8 Å². The fourth-order valence-electron chi connectivity index (χ4n) is 9.12. The molecule has 1 amide bonds. The lowest BCUT2D eigenvalue weighted by atomic mass is 9.82. The van der Waals surface area contributed by atoms with Crippen LogP contribution in [0.5, 0.6) is 0 Å². The molecule has 2 saturated heterocycles. The number of methoxy groups -OCH3 is 2. The van der Waals surface area contributed by atoms with Crippen molar-refractivity contribution >= 4 is 23.4 Å². The second-order valence-electron chi connectivity index (χ2n) is 16.8. The number of allylic oxidation sites excluding steroid dienone is 3. The molecule has 2 unspecified atom stereocenters. The molecule has 3 aliphatic heterocycles. The maximum atomic E-state index is 14.2. The Morgan fingerprint density at radius 1 is 0.926 bits per heavy atom.